The minimum absolute atomic E-state index is 0.149. The van der Waals surface area contributed by atoms with Gasteiger partial charge in [0, 0.05) is 24.1 Å². The van der Waals surface area contributed by atoms with Gasteiger partial charge in [-0.2, -0.15) is 0 Å². The van der Waals surface area contributed by atoms with Crippen molar-refractivity contribution < 1.29 is 14.6 Å². The monoisotopic (exact) mass is 338 g/mol. The van der Waals surface area contributed by atoms with E-state index < -0.39 is 12.1 Å². The summed E-state index contributed by atoms with van der Waals surface area (Å²) in [6, 6.07) is 17.2. The molecule has 0 spiro atoms. The quantitative estimate of drug-likeness (QED) is 0.726. The summed E-state index contributed by atoms with van der Waals surface area (Å²) in [4.78, 5) is 12.0. The predicted octanol–water partition coefficient (Wildman–Crippen LogP) is 3.01. The number of hydrogen-bond acceptors (Lipinski definition) is 3. The topological polar surface area (TPSA) is 63.5 Å². The van der Waals surface area contributed by atoms with Gasteiger partial charge >= 0.3 is 6.09 Å². The summed E-state index contributed by atoms with van der Waals surface area (Å²) in [5, 5.41) is 13.5. The number of aryl methyl sites for hydroxylation is 1. The SMILES string of the molecule is Cn1cc(CC(CO)NC(=O)OCc2ccccc2)c2ccccc21. The molecule has 2 N–H and O–H groups in total. The predicted molar refractivity (Wildman–Crippen MR) is 97.3 cm³/mol. The van der Waals surface area contributed by atoms with Gasteiger partial charge in [-0.05, 0) is 23.6 Å². The van der Waals surface area contributed by atoms with Crippen molar-refractivity contribution >= 4 is 17.0 Å². The van der Waals surface area contributed by atoms with Crippen LogP contribution in [0.1, 0.15) is 11.1 Å². The molecule has 1 amide bonds. The van der Waals surface area contributed by atoms with E-state index in [0.717, 1.165) is 22.0 Å². The van der Waals surface area contributed by atoms with E-state index in [0.29, 0.717) is 6.42 Å². The number of carbonyl (C=O) groups is 1. The summed E-state index contributed by atoms with van der Waals surface area (Å²) in [6.07, 6.45) is 2.05. The highest BCUT2D eigenvalue weighted by atomic mass is 16.5. The first kappa shape index (κ1) is 17.0. The molecule has 5 nitrogen and oxygen atoms in total. The zero-order valence-electron chi connectivity index (χ0n) is 14.2. The van der Waals surface area contributed by atoms with Gasteiger partial charge in [-0.1, -0.05) is 48.5 Å². The highest BCUT2D eigenvalue weighted by Gasteiger charge is 2.16. The van der Waals surface area contributed by atoms with E-state index in [-0.39, 0.29) is 13.2 Å². The molecular weight excluding hydrogens is 316 g/mol. The molecule has 1 aromatic heterocycles. The van der Waals surface area contributed by atoms with E-state index in [4.69, 9.17) is 4.74 Å². The number of rotatable bonds is 6. The number of fused-ring (bicyclic) bond motifs is 1. The maximum absolute atomic E-state index is 12.0. The number of nitrogens with one attached hydrogen (secondary N) is 1. The van der Waals surface area contributed by atoms with E-state index in [1.54, 1.807) is 0 Å². The molecule has 3 aromatic rings. The van der Waals surface area contributed by atoms with Crippen molar-refractivity contribution in [1.29, 1.82) is 0 Å². The van der Waals surface area contributed by atoms with Crippen molar-refractivity contribution in [3.63, 3.8) is 0 Å². The first-order chi connectivity index (χ1) is 12.2. The van der Waals surface area contributed by atoms with Crippen LogP contribution in [0.3, 0.4) is 0 Å². The number of amides is 1. The number of para-hydroxylation sites is 1. The zero-order valence-corrected chi connectivity index (χ0v) is 14.2. The molecule has 3 rings (SSSR count). The maximum Gasteiger partial charge on any atom is 0.407 e. The number of nitrogens with zero attached hydrogens (tertiary/aromatic N) is 1. The Morgan fingerprint density at radius 2 is 1.88 bits per heavy atom. The fourth-order valence-electron chi connectivity index (χ4n) is 2.95. The van der Waals surface area contributed by atoms with Crippen molar-refractivity contribution in [2.45, 2.75) is 19.1 Å². The molecule has 0 aliphatic rings. The van der Waals surface area contributed by atoms with E-state index in [1.807, 2.05) is 72.4 Å². The van der Waals surface area contributed by atoms with Gasteiger partial charge in [0.1, 0.15) is 6.61 Å². The lowest BCUT2D eigenvalue weighted by Crippen LogP contribution is -2.39. The van der Waals surface area contributed by atoms with Gasteiger partial charge in [0.2, 0.25) is 0 Å². The molecule has 5 heteroatoms. The van der Waals surface area contributed by atoms with Crippen LogP contribution in [0.15, 0.2) is 60.8 Å². The van der Waals surface area contributed by atoms with Gasteiger partial charge in [0.05, 0.1) is 12.6 Å². The van der Waals surface area contributed by atoms with Gasteiger partial charge in [-0.3, -0.25) is 0 Å². The lowest BCUT2D eigenvalue weighted by atomic mass is 10.1. The summed E-state index contributed by atoms with van der Waals surface area (Å²) in [5.74, 6) is 0. The number of aliphatic hydroxyl groups excluding tert-OH is 1. The molecule has 0 saturated heterocycles. The lowest BCUT2D eigenvalue weighted by molar-refractivity contribution is 0.129. The fourth-order valence-corrected chi connectivity index (χ4v) is 2.95. The van der Waals surface area contributed by atoms with Gasteiger partial charge in [0.25, 0.3) is 0 Å². The Bertz CT molecular complexity index is 843. The second-order valence-corrected chi connectivity index (χ2v) is 6.07. The smallest absolute Gasteiger partial charge is 0.407 e. The summed E-state index contributed by atoms with van der Waals surface area (Å²) in [7, 11) is 1.99. The largest absolute Gasteiger partial charge is 0.445 e. The average molecular weight is 338 g/mol. The number of alkyl carbamates (subject to hydrolysis) is 1. The molecular formula is C20H22N2O3. The van der Waals surface area contributed by atoms with Crippen LogP contribution < -0.4 is 5.32 Å². The summed E-state index contributed by atoms with van der Waals surface area (Å²) in [6.45, 7) is 0.0583. The zero-order chi connectivity index (χ0) is 17.6. The number of aliphatic hydroxyl groups is 1. The number of ether oxygens (including phenoxy) is 1. The Labute approximate surface area is 146 Å². The van der Waals surface area contributed by atoms with Crippen LogP contribution in [-0.2, 0) is 24.8 Å². The van der Waals surface area contributed by atoms with Gasteiger partial charge in [-0.25, -0.2) is 4.79 Å². The Morgan fingerprint density at radius 3 is 2.64 bits per heavy atom. The van der Waals surface area contributed by atoms with Crippen LogP contribution in [0.4, 0.5) is 4.79 Å². The Morgan fingerprint density at radius 1 is 1.16 bits per heavy atom. The lowest BCUT2D eigenvalue weighted by Gasteiger charge is -2.16. The molecule has 0 radical (unpaired) electrons. The molecule has 1 heterocycles. The summed E-state index contributed by atoms with van der Waals surface area (Å²) in [5.41, 5.74) is 3.13. The normalized spacial score (nSPS) is 12.1. The second kappa shape index (κ2) is 7.85. The fraction of sp³-hybridized carbons (Fsp3) is 0.250. The highest BCUT2D eigenvalue weighted by molar-refractivity contribution is 5.84. The molecule has 1 atom stereocenters. The van der Waals surface area contributed by atoms with Crippen molar-refractivity contribution in [3.05, 3.63) is 71.9 Å². The van der Waals surface area contributed by atoms with E-state index in [1.165, 1.54) is 0 Å². The van der Waals surface area contributed by atoms with Gasteiger partial charge in [0.15, 0.2) is 0 Å². The molecule has 1 unspecified atom stereocenters. The Hall–Kier alpha value is -2.79. The van der Waals surface area contributed by atoms with Crippen molar-refractivity contribution in [3.8, 4) is 0 Å². The van der Waals surface area contributed by atoms with Crippen LogP contribution in [-0.4, -0.2) is 28.4 Å². The van der Waals surface area contributed by atoms with E-state index in [2.05, 4.69) is 5.32 Å². The van der Waals surface area contributed by atoms with Crippen LogP contribution >= 0.6 is 0 Å². The van der Waals surface area contributed by atoms with Crippen molar-refractivity contribution in [2.24, 2.45) is 7.05 Å². The van der Waals surface area contributed by atoms with E-state index >= 15 is 0 Å². The van der Waals surface area contributed by atoms with E-state index in [9.17, 15) is 9.90 Å². The van der Waals surface area contributed by atoms with Crippen LogP contribution in [0.5, 0.6) is 0 Å². The molecule has 0 saturated carbocycles. The first-order valence-corrected chi connectivity index (χ1v) is 8.28. The number of carbonyl (C=O) groups excluding carboxylic acids is 1. The van der Waals surface area contributed by atoms with Crippen molar-refractivity contribution in [1.82, 2.24) is 9.88 Å². The molecule has 25 heavy (non-hydrogen) atoms. The molecule has 0 bridgehead atoms. The summed E-state index contributed by atoms with van der Waals surface area (Å²) < 4.78 is 7.27. The molecule has 0 fully saturated rings. The number of aromatic nitrogens is 1. The van der Waals surface area contributed by atoms with Crippen molar-refractivity contribution in [2.75, 3.05) is 6.61 Å². The standard InChI is InChI=1S/C20H22N2O3/c1-22-12-16(18-9-5-6-10-19(18)22)11-17(13-23)21-20(24)25-14-15-7-3-2-4-8-15/h2-10,12,17,23H,11,13-14H2,1H3,(H,21,24). The Kier molecular flexibility index (Phi) is 5.36. The maximum atomic E-state index is 12.0. The third-order valence-electron chi connectivity index (χ3n) is 4.20. The molecule has 130 valence electrons. The molecule has 0 aliphatic heterocycles. The van der Waals surface area contributed by atoms with Crippen LogP contribution in [0, 0.1) is 0 Å². The Balaban J connectivity index is 1.61. The van der Waals surface area contributed by atoms with Gasteiger partial charge in [-0.15, -0.1) is 0 Å². The first-order valence-electron chi connectivity index (χ1n) is 8.28. The molecule has 2 aromatic carbocycles. The summed E-state index contributed by atoms with van der Waals surface area (Å²) >= 11 is 0. The van der Waals surface area contributed by atoms with Crippen LogP contribution in [0.25, 0.3) is 10.9 Å². The minimum atomic E-state index is -0.525. The highest BCUT2D eigenvalue weighted by Crippen LogP contribution is 2.21. The third kappa shape index (κ3) is 4.19. The van der Waals surface area contributed by atoms with Crippen LogP contribution in [0.2, 0.25) is 0 Å². The number of hydrogen-bond donors (Lipinski definition) is 2. The molecule has 0 aliphatic carbocycles. The van der Waals surface area contributed by atoms with Gasteiger partial charge < -0.3 is 19.7 Å². The second-order valence-electron chi connectivity index (χ2n) is 6.07. The number of benzene rings is 2. The third-order valence-corrected chi connectivity index (χ3v) is 4.20. The average Bonchev–Trinajstić information content (AvgIpc) is 2.96. The minimum Gasteiger partial charge on any atom is -0.445 e.